The Bertz CT molecular complexity index is 592. The fourth-order valence-electron chi connectivity index (χ4n) is 4.77. The number of hydrogen-bond donors (Lipinski definition) is 0. The summed E-state index contributed by atoms with van der Waals surface area (Å²) < 4.78 is 6.03. The van der Waals surface area contributed by atoms with Gasteiger partial charge in [0.25, 0.3) is 0 Å². The maximum Gasteiger partial charge on any atom is 0.231 e. The minimum Gasteiger partial charge on any atom is -0.376 e. The second-order valence-electron chi connectivity index (χ2n) is 7.44. The summed E-state index contributed by atoms with van der Waals surface area (Å²) in [6.07, 6.45) is 5.55. The van der Waals surface area contributed by atoms with Gasteiger partial charge in [-0.25, -0.2) is 6.57 Å². The third-order valence-corrected chi connectivity index (χ3v) is 5.96. The molecule has 3 rings (SSSR count). The van der Waals surface area contributed by atoms with Crippen LogP contribution in [0.2, 0.25) is 0 Å². The fourth-order valence-corrected chi connectivity index (χ4v) is 4.77. The molecule has 5 atom stereocenters. The predicted octanol–water partition coefficient (Wildman–Crippen LogP) is 4.52. The van der Waals surface area contributed by atoms with Crippen molar-refractivity contribution < 1.29 is 9.53 Å². The maximum atomic E-state index is 12.7. The number of Topliss-reactive ketones (excluding diaryl/α,β-unsaturated/α-hetero) is 1. The second kappa shape index (κ2) is 7.94. The van der Waals surface area contributed by atoms with Crippen molar-refractivity contribution in [2.75, 3.05) is 6.61 Å². The molecule has 2 aliphatic carbocycles. The summed E-state index contributed by atoms with van der Waals surface area (Å²) in [5.41, 5.74) is 1.16. The highest BCUT2D eigenvalue weighted by Gasteiger charge is 2.48. The lowest BCUT2D eigenvalue weighted by Crippen LogP contribution is -2.47. The topological polar surface area (TPSA) is 30.7 Å². The van der Waals surface area contributed by atoms with E-state index in [2.05, 4.69) is 17.0 Å². The summed E-state index contributed by atoms with van der Waals surface area (Å²) in [7, 11) is 0. The van der Waals surface area contributed by atoms with Crippen molar-refractivity contribution in [1.29, 1.82) is 0 Å². The van der Waals surface area contributed by atoms with E-state index in [9.17, 15) is 4.79 Å². The van der Waals surface area contributed by atoms with Gasteiger partial charge in [0, 0.05) is 19.3 Å². The van der Waals surface area contributed by atoms with Gasteiger partial charge in [-0.1, -0.05) is 43.2 Å². The molecule has 128 valence electrons. The van der Waals surface area contributed by atoms with E-state index >= 15 is 0 Å². The zero-order valence-corrected chi connectivity index (χ0v) is 14.5. The highest BCUT2D eigenvalue weighted by Crippen LogP contribution is 2.46. The van der Waals surface area contributed by atoms with E-state index < -0.39 is 0 Å². The molecule has 3 nitrogen and oxygen atoms in total. The van der Waals surface area contributed by atoms with E-state index in [4.69, 9.17) is 11.3 Å². The molecule has 3 heteroatoms. The highest BCUT2D eigenvalue weighted by molar-refractivity contribution is 5.83. The molecule has 1 aromatic carbocycles. The SMILES string of the molecule is [C-]#[N+]C(C)C1C(=O)C[C@@H]2CCCC[C@H]2[C@@H]1COCc1ccccc1. The average Bonchev–Trinajstić information content (AvgIpc) is 2.62. The molecule has 0 aliphatic heterocycles. The molecule has 2 fully saturated rings. The number of carbonyl (C=O) groups is 1. The number of benzene rings is 1. The normalized spacial score (nSPS) is 31.1. The number of hydrogen-bond acceptors (Lipinski definition) is 2. The Balaban J connectivity index is 1.71. The molecule has 1 aromatic rings. The maximum absolute atomic E-state index is 12.7. The van der Waals surface area contributed by atoms with Crippen LogP contribution < -0.4 is 0 Å². The van der Waals surface area contributed by atoms with E-state index in [1.165, 1.54) is 25.7 Å². The van der Waals surface area contributed by atoms with E-state index in [0.29, 0.717) is 37.3 Å². The summed E-state index contributed by atoms with van der Waals surface area (Å²) in [6, 6.07) is 9.94. The first kappa shape index (κ1) is 17.2. The van der Waals surface area contributed by atoms with E-state index in [-0.39, 0.29) is 17.9 Å². The van der Waals surface area contributed by atoms with Gasteiger partial charge in [0.1, 0.15) is 5.78 Å². The molecule has 0 radical (unpaired) electrons. The Morgan fingerprint density at radius 3 is 2.75 bits per heavy atom. The molecule has 24 heavy (non-hydrogen) atoms. The van der Waals surface area contributed by atoms with Crippen LogP contribution in [0.1, 0.15) is 44.6 Å². The van der Waals surface area contributed by atoms with Crippen LogP contribution in [-0.4, -0.2) is 18.4 Å². The van der Waals surface area contributed by atoms with Crippen LogP contribution in [0, 0.1) is 30.2 Å². The molecule has 0 aromatic heterocycles. The number of carbonyl (C=O) groups excluding carboxylic acids is 1. The van der Waals surface area contributed by atoms with Crippen LogP contribution >= 0.6 is 0 Å². The van der Waals surface area contributed by atoms with Crippen LogP contribution in [0.25, 0.3) is 4.85 Å². The van der Waals surface area contributed by atoms with Crippen LogP contribution in [0.15, 0.2) is 30.3 Å². The summed E-state index contributed by atoms with van der Waals surface area (Å²) in [5.74, 6) is 1.45. The number of ether oxygens (including phenoxy) is 1. The minimum absolute atomic E-state index is 0.141. The van der Waals surface area contributed by atoms with Crippen molar-refractivity contribution in [2.24, 2.45) is 23.7 Å². The van der Waals surface area contributed by atoms with Crippen LogP contribution in [0.3, 0.4) is 0 Å². The van der Waals surface area contributed by atoms with Crippen molar-refractivity contribution >= 4 is 5.78 Å². The van der Waals surface area contributed by atoms with E-state index in [1.807, 2.05) is 25.1 Å². The van der Waals surface area contributed by atoms with Gasteiger partial charge < -0.3 is 9.58 Å². The lowest BCUT2D eigenvalue weighted by molar-refractivity contribution is -0.135. The largest absolute Gasteiger partial charge is 0.376 e. The lowest BCUT2D eigenvalue weighted by Gasteiger charge is -2.44. The Kier molecular flexibility index (Phi) is 5.68. The molecule has 0 N–H and O–H groups in total. The molecular formula is C21H27NO2. The van der Waals surface area contributed by atoms with Crippen molar-refractivity contribution in [3.05, 3.63) is 47.3 Å². The molecule has 0 bridgehead atoms. The standard InChI is InChI=1S/C21H27NO2/c1-15(22-2)21-19(14-24-13-16-8-4-3-5-9-16)18-11-7-6-10-17(18)12-20(21)23/h3-5,8-9,15,17-19,21H,6-7,10-14H2,1H3/t15?,17-,18+,19-,21?/m0/s1. The highest BCUT2D eigenvalue weighted by atomic mass is 16.5. The lowest BCUT2D eigenvalue weighted by atomic mass is 9.60. The van der Waals surface area contributed by atoms with E-state index in [0.717, 1.165) is 5.56 Å². The van der Waals surface area contributed by atoms with Gasteiger partial charge >= 0.3 is 0 Å². The Morgan fingerprint density at radius 1 is 1.25 bits per heavy atom. The molecule has 2 aliphatic rings. The zero-order valence-electron chi connectivity index (χ0n) is 14.5. The Hall–Kier alpha value is -1.66. The monoisotopic (exact) mass is 325 g/mol. The van der Waals surface area contributed by atoms with Gasteiger partial charge in [-0.3, -0.25) is 4.79 Å². The average molecular weight is 325 g/mol. The molecule has 0 spiro atoms. The Labute approximate surface area is 145 Å². The van der Waals surface area contributed by atoms with Crippen LogP contribution in [0.5, 0.6) is 0 Å². The summed E-state index contributed by atoms with van der Waals surface area (Å²) in [5, 5.41) is 0. The molecule has 0 saturated heterocycles. The van der Waals surface area contributed by atoms with Gasteiger partial charge in [0.2, 0.25) is 6.04 Å². The van der Waals surface area contributed by atoms with Crippen LogP contribution in [0.4, 0.5) is 0 Å². The van der Waals surface area contributed by atoms with Gasteiger partial charge in [0.15, 0.2) is 0 Å². The molecular weight excluding hydrogens is 298 g/mol. The third kappa shape index (κ3) is 3.70. The molecule has 2 saturated carbocycles. The van der Waals surface area contributed by atoms with Gasteiger partial charge in [-0.2, -0.15) is 0 Å². The van der Waals surface area contributed by atoms with Crippen molar-refractivity contribution in [3.8, 4) is 0 Å². The second-order valence-corrected chi connectivity index (χ2v) is 7.44. The number of fused-ring (bicyclic) bond motifs is 1. The first-order valence-corrected chi connectivity index (χ1v) is 9.21. The van der Waals surface area contributed by atoms with Crippen molar-refractivity contribution in [1.82, 2.24) is 0 Å². The van der Waals surface area contributed by atoms with Crippen molar-refractivity contribution in [3.63, 3.8) is 0 Å². The molecule has 0 amide bonds. The minimum atomic E-state index is -0.231. The third-order valence-electron chi connectivity index (χ3n) is 5.96. The fraction of sp³-hybridized carbons (Fsp3) is 0.619. The van der Waals surface area contributed by atoms with Gasteiger partial charge in [-0.15, -0.1) is 0 Å². The van der Waals surface area contributed by atoms with E-state index in [1.54, 1.807) is 0 Å². The summed E-state index contributed by atoms with van der Waals surface area (Å²) >= 11 is 0. The summed E-state index contributed by atoms with van der Waals surface area (Å²) in [6.45, 7) is 10.5. The Morgan fingerprint density at radius 2 is 2.00 bits per heavy atom. The zero-order chi connectivity index (χ0) is 16.9. The molecule has 0 heterocycles. The first-order chi connectivity index (χ1) is 11.7. The number of rotatable bonds is 5. The quantitative estimate of drug-likeness (QED) is 0.745. The number of ketones is 1. The van der Waals surface area contributed by atoms with Crippen LogP contribution in [-0.2, 0) is 16.1 Å². The van der Waals surface area contributed by atoms with Gasteiger partial charge in [0.05, 0.1) is 19.1 Å². The predicted molar refractivity (Wildman–Crippen MR) is 94.2 cm³/mol. The summed E-state index contributed by atoms with van der Waals surface area (Å²) in [4.78, 5) is 16.4. The first-order valence-electron chi connectivity index (χ1n) is 9.21. The smallest absolute Gasteiger partial charge is 0.231 e. The number of nitrogens with zero attached hydrogens (tertiary/aromatic N) is 1. The molecule has 2 unspecified atom stereocenters. The van der Waals surface area contributed by atoms with Gasteiger partial charge in [-0.05, 0) is 30.2 Å². The van der Waals surface area contributed by atoms with Crippen molar-refractivity contribution in [2.45, 2.75) is 51.7 Å².